The monoisotopic (exact) mass is 126 g/mol. The summed E-state index contributed by atoms with van der Waals surface area (Å²) in [6, 6.07) is 0. The van der Waals surface area contributed by atoms with Crippen molar-refractivity contribution in [1.29, 1.82) is 0 Å². The number of nitrogens with zero attached hydrogens (tertiary/aromatic N) is 4. The summed E-state index contributed by atoms with van der Waals surface area (Å²) in [4.78, 5) is 4.72. The van der Waals surface area contributed by atoms with Gasteiger partial charge in [0.25, 0.3) is 0 Å². The molecule has 0 aromatic carbocycles. The zero-order chi connectivity index (χ0) is 5.40. The summed E-state index contributed by atoms with van der Waals surface area (Å²) in [6.45, 7) is 0. The molecule has 0 aliphatic carbocycles. The van der Waals surface area contributed by atoms with Crippen LogP contribution in [0.25, 0.3) is 4.96 Å². The van der Waals surface area contributed by atoms with Gasteiger partial charge in [-0.1, -0.05) is 11.3 Å². The molecule has 0 unspecified atom stereocenters. The molecule has 2 heterocycles. The highest BCUT2D eigenvalue weighted by atomic mass is 32.1. The Morgan fingerprint density at radius 3 is 3.38 bits per heavy atom. The van der Waals surface area contributed by atoms with Crippen LogP contribution in [0.5, 0.6) is 0 Å². The van der Waals surface area contributed by atoms with E-state index < -0.39 is 0 Å². The Labute approximate surface area is 48.8 Å². The van der Waals surface area contributed by atoms with Gasteiger partial charge in [-0.25, -0.2) is 4.98 Å². The van der Waals surface area contributed by atoms with Gasteiger partial charge in [0.05, 0.1) is 0 Å². The van der Waals surface area contributed by atoms with E-state index in [9.17, 15) is 0 Å². The van der Waals surface area contributed by atoms with Crippen molar-refractivity contribution >= 4 is 16.3 Å². The van der Waals surface area contributed by atoms with Gasteiger partial charge in [0.2, 0.25) is 4.96 Å². The lowest BCUT2D eigenvalue weighted by atomic mass is 11.3. The predicted octanol–water partition coefficient (Wildman–Crippen LogP) is 0.186. The quantitative estimate of drug-likeness (QED) is 0.506. The van der Waals surface area contributed by atoms with Gasteiger partial charge >= 0.3 is 0 Å². The third kappa shape index (κ3) is 0.362. The van der Waals surface area contributed by atoms with Crippen molar-refractivity contribution in [1.82, 2.24) is 19.8 Å². The Kier molecular flexibility index (Phi) is 0.621. The van der Waals surface area contributed by atoms with E-state index in [1.54, 1.807) is 5.51 Å². The molecule has 0 aliphatic heterocycles. The highest BCUT2D eigenvalue weighted by molar-refractivity contribution is 7.14. The minimum Gasteiger partial charge on any atom is -0.204 e. The van der Waals surface area contributed by atoms with Gasteiger partial charge in [-0.3, -0.25) is 0 Å². The van der Waals surface area contributed by atoms with Crippen molar-refractivity contribution < 1.29 is 0 Å². The lowest BCUT2D eigenvalue weighted by molar-refractivity contribution is 0.821. The van der Waals surface area contributed by atoms with E-state index in [0.717, 1.165) is 4.96 Å². The molecule has 2 rings (SSSR count). The van der Waals surface area contributed by atoms with Crippen molar-refractivity contribution in [2.75, 3.05) is 0 Å². The number of aromatic nitrogens is 4. The van der Waals surface area contributed by atoms with Gasteiger partial charge in [0.1, 0.15) is 11.8 Å². The molecule has 0 aliphatic rings. The first-order valence-electron chi connectivity index (χ1n) is 2.06. The summed E-state index contributed by atoms with van der Waals surface area (Å²) < 4.78 is 1.49. The van der Waals surface area contributed by atoms with Crippen LogP contribution in [0, 0.1) is 0 Å². The van der Waals surface area contributed by atoms with Crippen LogP contribution in [-0.4, -0.2) is 19.8 Å². The number of hydrogen-bond acceptors (Lipinski definition) is 4. The second-order valence-electron chi connectivity index (χ2n) is 1.27. The lowest BCUT2D eigenvalue weighted by Gasteiger charge is -1.67. The van der Waals surface area contributed by atoms with Gasteiger partial charge in [0.15, 0.2) is 0 Å². The Morgan fingerprint density at radius 1 is 1.50 bits per heavy atom. The average Bonchev–Trinajstić information content (AvgIpc) is 2.15. The zero-order valence-electron chi connectivity index (χ0n) is 3.85. The first-order chi connectivity index (χ1) is 3.97. The second kappa shape index (κ2) is 1.25. The minimum atomic E-state index is 0.838. The van der Waals surface area contributed by atoms with Gasteiger partial charge in [-0.05, 0) is 0 Å². The summed E-state index contributed by atoms with van der Waals surface area (Å²) in [5.41, 5.74) is 1.70. The maximum atomic E-state index is 3.89. The summed E-state index contributed by atoms with van der Waals surface area (Å²) in [5.74, 6) is 0. The molecule has 0 bridgehead atoms. The average molecular weight is 126 g/mol. The van der Waals surface area contributed by atoms with Crippen molar-refractivity contribution in [2.24, 2.45) is 0 Å². The largest absolute Gasteiger partial charge is 0.232 e. The van der Waals surface area contributed by atoms with Crippen molar-refractivity contribution in [3.05, 3.63) is 11.8 Å². The summed E-state index contributed by atoms with van der Waals surface area (Å²) in [7, 11) is 0. The van der Waals surface area contributed by atoms with E-state index in [1.165, 1.54) is 22.3 Å². The zero-order valence-corrected chi connectivity index (χ0v) is 4.67. The molecule has 8 heavy (non-hydrogen) atoms. The molecule has 0 saturated carbocycles. The highest BCUT2D eigenvalue weighted by Crippen LogP contribution is 2.00. The predicted molar refractivity (Wildman–Crippen MR) is 28.7 cm³/mol. The molecule has 0 saturated heterocycles. The summed E-state index contributed by atoms with van der Waals surface area (Å²) in [6.07, 6.45) is 1.48. The molecule has 0 N–H and O–H groups in total. The van der Waals surface area contributed by atoms with Crippen molar-refractivity contribution in [2.45, 2.75) is 0 Å². The smallest absolute Gasteiger partial charge is 0.204 e. The van der Waals surface area contributed by atoms with Crippen LogP contribution < -0.4 is 0 Å². The van der Waals surface area contributed by atoms with E-state index in [0.29, 0.717) is 0 Å². The Bertz CT molecular complexity index is 233. The van der Waals surface area contributed by atoms with Crippen LogP contribution in [0.2, 0.25) is 0 Å². The fourth-order valence-electron chi connectivity index (χ4n) is 0.497. The number of rotatable bonds is 0. The number of hydrogen-bond donors (Lipinski definition) is 0. The van der Waals surface area contributed by atoms with Gasteiger partial charge in [-0.15, -0.1) is 14.8 Å². The fourth-order valence-corrected chi connectivity index (χ4v) is 1.02. The van der Waals surface area contributed by atoms with E-state index in [-0.39, 0.29) is 0 Å². The SMILES string of the molecule is c1nc2scnn2n1. The van der Waals surface area contributed by atoms with Gasteiger partial charge in [-0.2, -0.15) is 0 Å². The molecule has 4 nitrogen and oxygen atoms in total. The van der Waals surface area contributed by atoms with Crippen LogP contribution in [0.4, 0.5) is 0 Å². The second-order valence-corrected chi connectivity index (χ2v) is 2.08. The van der Waals surface area contributed by atoms with Crippen LogP contribution in [0.3, 0.4) is 0 Å². The molecular weight excluding hydrogens is 124 g/mol. The van der Waals surface area contributed by atoms with E-state index in [1.807, 2.05) is 0 Å². The van der Waals surface area contributed by atoms with Crippen LogP contribution in [0.15, 0.2) is 11.8 Å². The third-order valence-corrected chi connectivity index (χ3v) is 1.49. The molecule has 0 radical (unpaired) electrons. The molecule has 0 atom stereocenters. The fraction of sp³-hybridized carbons (Fsp3) is 0. The lowest BCUT2D eigenvalue weighted by Crippen LogP contribution is -1.81. The van der Waals surface area contributed by atoms with E-state index in [2.05, 4.69) is 15.2 Å². The molecule has 2 aromatic rings. The maximum absolute atomic E-state index is 3.89. The van der Waals surface area contributed by atoms with E-state index >= 15 is 0 Å². The minimum absolute atomic E-state index is 0.838. The van der Waals surface area contributed by atoms with Gasteiger partial charge in [0, 0.05) is 0 Å². The molecule has 0 amide bonds. The third-order valence-electron chi connectivity index (χ3n) is 0.815. The molecule has 0 spiro atoms. The summed E-state index contributed by atoms with van der Waals surface area (Å²) >= 11 is 1.47. The molecule has 40 valence electrons. The van der Waals surface area contributed by atoms with Crippen LogP contribution in [-0.2, 0) is 0 Å². The first kappa shape index (κ1) is 3.96. The molecule has 2 aromatic heterocycles. The van der Waals surface area contributed by atoms with Crippen LogP contribution in [0.1, 0.15) is 0 Å². The highest BCUT2D eigenvalue weighted by Gasteiger charge is 1.91. The van der Waals surface area contributed by atoms with Crippen molar-refractivity contribution in [3.63, 3.8) is 0 Å². The molecular formula is C3H2N4S. The first-order valence-corrected chi connectivity index (χ1v) is 2.94. The Balaban J connectivity index is 3.06. The topological polar surface area (TPSA) is 43.1 Å². The van der Waals surface area contributed by atoms with Gasteiger partial charge < -0.3 is 0 Å². The molecule has 0 fully saturated rings. The van der Waals surface area contributed by atoms with Crippen molar-refractivity contribution in [3.8, 4) is 0 Å². The standard InChI is InChI=1S/C3H2N4S/c1-4-3-7(5-1)6-2-8-3/h1-2H. The Morgan fingerprint density at radius 2 is 2.50 bits per heavy atom. The molecule has 5 heteroatoms. The summed E-state index contributed by atoms with van der Waals surface area (Å²) in [5, 5.41) is 7.62. The Hall–Kier alpha value is -0.970. The maximum Gasteiger partial charge on any atom is 0.232 e. The van der Waals surface area contributed by atoms with E-state index in [4.69, 9.17) is 0 Å². The normalized spacial score (nSPS) is 10.5. The number of fused-ring (bicyclic) bond motifs is 1. The van der Waals surface area contributed by atoms with Crippen LogP contribution >= 0.6 is 11.3 Å².